The molecule has 0 saturated carbocycles. The van der Waals surface area contributed by atoms with Crippen molar-refractivity contribution >= 4 is 12.4 Å². The largest absolute Gasteiger partial charge is 0.430 e. The number of ether oxygens (including phenoxy) is 1. The van der Waals surface area contributed by atoms with Crippen molar-refractivity contribution in [2.75, 3.05) is 13.3 Å². The van der Waals surface area contributed by atoms with E-state index in [0.29, 0.717) is 6.73 Å². The lowest BCUT2D eigenvalue weighted by molar-refractivity contribution is 0.0959. The Hall–Kier alpha value is -1.17. The molecule has 0 aliphatic carbocycles. The Balaban J connectivity index is 0.00000289. The third-order valence-electron chi connectivity index (χ3n) is 2.50. The number of halogens is 1. The molecule has 0 fully saturated rings. The second kappa shape index (κ2) is 11.0. The predicted molar refractivity (Wildman–Crippen MR) is 78.4 cm³/mol. The van der Waals surface area contributed by atoms with Gasteiger partial charge in [0, 0.05) is 20.0 Å². The molecule has 0 heterocycles. The summed E-state index contributed by atoms with van der Waals surface area (Å²) in [6.07, 6.45) is 5.04. The van der Waals surface area contributed by atoms with Crippen molar-refractivity contribution in [1.29, 1.82) is 0 Å². The van der Waals surface area contributed by atoms with Gasteiger partial charge >= 0.3 is 0 Å². The highest BCUT2D eigenvalue weighted by molar-refractivity contribution is 5.85. The van der Waals surface area contributed by atoms with Gasteiger partial charge in [0.15, 0.2) is 6.73 Å². The lowest BCUT2D eigenvalue weighted by Gasteiger charge is -2.20. The lowest BCUT2D eigenvalue weighted by Crippen LogP contribution is -2.26. The Morgan fingerprint density at radius 3 is 2.56 bits per heavy atom. The first-order valence-corrected chi connectivity index (χ1v) is 6.16. The third kappa shape index (κ3) is 7.21. The van der Waals surface area contributed by atoms with Crippen LogP contribution in [-0.4, -0.2) is 18.2 Å². The summed E-state index contributed by atoms with van der Waals surface area (Å²) in [7, 11) is 0. The Morgan fingerprint density at radius 1 is 1.22 bits per heavy atom. The molecule has 0 atom stereocenters. The maximum Gasteiger partial charge on any atom is 0.154 e. The monoisotopic (exact) mass is 267 g/mol. The number of nitrogens with zero attached hydrogens (tertiary/aromatic N) is 1. The molecule has 0 saturated heterocycles. The molecule has 1 aromatic carbocycles. The van der Waals surface area contributed by atoms with E-state index in [2.05, 4.69) is 48.1 Å². The SMILES string of the molecule is CC#COCN(CCCC)Cc1ccccc1.Cl. The molecule has 1 rings (SSSR count). The van der Waals surface area contributed by atoms with Gasteiger partial charge in [-0.3, -0.25) is 4.90 Å². The van der Waals surface area contributed by atoms with Crippen LogP contribution >= 0.6 is 12.4 Å². The van der Waals surface area contributed by atoms with Crippen molar-refractivity contribution in [3.05, 3.63) is 35.9 Å². The van der Waals surface area contributed by atoms with E-state index in [1.165, 1.54) is 18.4 Å². The Bertz CT molecular complexity index is 356. The summed E-state index contributed by atoms with van der Waals surface area (Å²) >= 11 is 0. The minimum atomic E-state index is 0. The smallest absolute Gasteiger partial charge is 0.154 e. The molecule has 2 nitrogen and oxygen atoms in total. The molecule has 0 aliphatic rings. The zero-order valence-corrected chi connectivity index (χ0v) is 12.0. The Kier molecular flexibility index (Phi) is 10.2. The lowest BCUT2D eigenvalue weighted by atomic mass is 10.2. The molecule has 1 aromatic rings. The molecule has 100 valence electrons. The molecule has 0 radical (unpaired) electrons. The molecule has 0 bridgehead atoms. The first-order chi connectivity index (χ1) is 8.36. The summed E-state index contributed by atoms with van der Waals surface area (Å²) < 4.78 is 5.28. The van der Waals surface area contributed by atoms with Crippen molar-refractivity contribution in [3.63, 3.8) is 0 Å². The van der Waals surface area contributed by atoms with Crippen LogP contribution in [0.4, 0.5) is 0 Å². The highest BCUT2D eigenvalue weighted by Crippen LogP contribution is 2.05. The minimum Gasteiger partial charge on any atom is -0.430 e. The van der Waals surface area contributed by atoms with E-state index in [-0.39, 0.29) is 12.4 Å². The van der Waals surface area contributed by atoms with Gasteiger partial charge in [-0.1, -0.05) is 49.6 Å². The summed E-state index contributed by atoms with van der Waals surface area (Å²) in [5, 5.41) is 0. The van der Waals surface area contributed by atoms with Crippen LogP contribution in [0, 0.1) is 12.0 Å². The fourth-order valence-corrected chi connectivity index (χ4v) is 1.61. The quantitative estimate of drug-likeness (QED) is 0.552. The zero-order valence-electron chi connectivity index (χ0n) is 11.2. The molecule has 0 unspecified atom stereocenters. The molecule has 0 spiro atoms. The summed E-state index contributed by atoms with van der Waals surface area (Å²) in [5.41, 5.74) is 1.32. The second-order valence-electron chi connectivity index (χ2n) is 4.02. The van der Waals surface area contributed by atoms with Gasteiger partial charge < -0.3 is 4.74 Å². The van der Waals surface area contributed by atoms with Gasteiger partial charge in [-0.25, -0.2) is 0 Å². The van der Waals surface area contributed by atoms with Gasteiger partial charge in [-0.2, -0.15) is 0 Å². The fourth-order valence-electron chi connectivity index (χ4n) is 1.61. The molecular formula is C15H22ClNO. The number of unbranched alkanes of at least 4 members (excludes halogenated alkanes) is 1. The van der Waals surface area contributed by atoms with E-state index in [1.807, 2.05) is 6.07 Å². The van der Waals surface area contributed by atoms with Crippen molar-refractivity contribution in [2.45, 2.75) is 33.2 Å². The summed E-state index contributed by atoms with van der Waals surface area (Å²) in [6.45, 7) is 6.54. The molecular weight excluding hydrogens is 246 g/mol. The number of hydrogen-bond acceptors (Lipinski definition) is 2. The van der Waals surface area contributed by atoms with Gasteiger partial charge in [-0.15, -0.1) is 12.4 Å². The Labute approximate surface area is 117 Å². The molecule has 0 aliphatic heterocycles. The van der Waals surface area contributed by atoms with Crippen LogP contribution in [0.3, 0.4) is 0 Å². The number of hydrogen-bond donors (Lipinski definition) is 0. The van der Waals surface area contributed by atoms with Crippen LogP contribution in [0.1, 0.15) is 32.3 Å². The van der Waals surface area contributed by atoms with Crippen LogP contribution in [0.5, 0.6) is 0 Å². The van der Waals surface area contributed by atoms with Gasteiger partial charge in [-0.05, 0) is 12.0 Å². The van der Waals surface area contributed by atoms with Crippen LogP contribution < -0.4 is 0 Å². The van der Waals surface area contributed by atoms with Gasteiger partial charge in [0.05, 0.1) is 0 Å². The van der Waals surface area contributed by atoms with E-state index >= 15 is 0 Å². The summed E-state index contributed by atoms with van der Waals surface area (Å²) in [6, 6.07) is 10.5. The molecule has 0 N–H and O–H groups in total. The average Bonchev–Trinajstić information content (AvgIpc) is 2.37. The number of rotatable bonds is 7. The van der Waals surface area contributed by atoms with Gasteiger partial charge in [0.2, 0.25) is 0 Å². The number of benzene rings is 1. The average molecular weight is 268 g/mol. The van der Waals surface area contributed by atoms with Crippen molar-refractivity contribution in [2.24, 2.45) is 0 Å². The van der Waals surface area contributed by atoms with Crippen LogP contribution in [0.25, 0.3) is 0 Å². The summed E-state index contributed by atoms with van der Waals surface area (Å²) in [4.78, 5) is 2.28. The highest BCUT2D eigenvalue weighted by atomic mass is 35.5. The standard InChI is InChI=1S/C15H21NO.ClH/c1-3-5-11-16(14-17-12-4-2)13-15-9-7-6-8-10-15;/h6-10H,3,5,11,13-14H2,1-2H3;1H. The topological polar surface area (TPSA) is 12.5 Å². The first-order valence-electron chi connectivity index (χ1n) is 6.16. The molecule has 0 amide bonds. The minimum absolute atomic E-state index is 0. The third-order valence-corrected chi connectivity index (χ3v) is 2.50. The van der Waals surface area contributed by atoms with E-state index in [1.54, 1.807) is 6.92 Å². The molecule has 18 heavy (non-hydrogen) atoms. The summed E-state index contributed by atoms with van der Waals surface area (Å²) in [5.74, 6) is 2.74. The van der Waals surface area contributed by atoms with E-state index in [0.717, 1.165) is 13.1 Å². The highest BCUT2D eigenvalue weighted by Gasteiger charge is 2.05. The maximum atomic E-state index is 5.28. The zero-order chi connectivity index (χ0) is 12.3. The van der Waals surface area contributed by atoms with Crippen molar-refractivity contribution in [3.8, 4) is 12.0 Å². The maximum absolute atomic E-state index is 5.28. The second-order valence-corrected chi connectivity index (χ2v) is 4.02. The van der Waals surface area contributed by atoms with E-state index in [9.17, 15) is 0 Å². The van der Waals surface area contributed by atoms with E-state index in [4.69, 9.17) is 4.74 Å². The van der Waals surface area contributed by atoms with Crippen LogP contribution in [-0.2, 0) is 11.3 Å². The van der Waals surface area contributed by atoms with Gasteiger partial charge in [0.1, 0.15) is 6.11 Å². The Morgan fingerprint density at radius 2 is 1.94 bits per heavy atom. The van der Waals surface area contributed by atoms with Crippen LogP contribution in [0.2, 0.25) is 0 Å². The van der Waals surface area contributed by atoms with Crippen LogP contribution in [0.15, 0.2) is 30.3 Å². The molecule has 0 aromatic heterocycles. The van der Waals surface area contributed by atoms with Crippen molar-refractivity contribution in [1.82, 2.24) is 4.90 Å². The van der Waals surface area contributed by atoms with E-state index < -0.39 is 0 Å². The fraction of sp³-hybridized carbons (Fsp3) is 0.467. The predicted octanol–water partition coefficient (Wildman–Crippen LogP) is 3.67. The van der Waals surface area contributed by atoms with Crippen molar-refractivity contribution < 1.29 is 4.74 Å². The normalized spacial score (nSPS) is 9.28. The first kappa shape index (κ1) is 16.8. The van der Waals surface area contributed by atoms with Gasteiger partial charge in [0.25, 0.3) is 0 Å². The molecule has 3 heteroatoms.